The van der Waals surface area contributed by atoms with Crippen molar-refractivity contribution in [3.05, 3.63) is 102 Å². The van der Waals surface area contributed by atoms with E-state index in [-0.39, 0.29) is 24.9 Å². The second kappa shape index (κ2) is 13.4. The molecule has 8 nitrogen and oxygen atoms in total. The summed E-state index contributed by atoms with van der Waals surface area (Å²) in [5, 5.41) is 2.95. The molecule has 0 heterocycles. The van der Waals surface area contributed by atoms with Gasteiger partial charge in [-0.3, -0.25) is 9.59 Å². The van der Waals surface area contributed by atoms with E-state index in [0.717, 1.165) is 25.3 Å². The summed E-state index contributed by atoms with van der Waals surface area (Å²) in [6.07, 6.45) is 0.281. The number of para-hydroxylation sites is 1. The van der Waals surface area contributed by atoms with Gasteiger partial charge in [-0.1, -0.05) is 78.4 Å². The van der Waals surface area contributed by atoms with E-state index in [2.05, 4.69) is 5.32 Å². The molecular formula is C30H38N4O4S. The summed E-state index contributed by atoms with van der Waals surface area (Å²) in [6.45, 7) is 5.39. The maximum absolute atomic E-state index is 14.1. The first-order valence-corrected chi connectivity index (χ1v) is 14.3. The molecule has 39 heavy (non-hydrogen) atoms. The number of hydrogen-bond donors (Lipinski definition) is 1. The lowest BCUT2D eigenvalue weighted by Gasteiger charge is -2.34. The Bertz CT molecular complexity index is 1330. The molecule has 3 aromatic rings. The molecule has 3 aromatic carbocycles. The molecule has 9 heteroatoms. The third-order valence-electron chi connectivity index (χ3n) is 6.24. The minimum atomic E-state index is -4.00. The molecule has 0 spiro atoms. The van der Waals surface area contributed by atoms with Crippen molar-refractivity contribution >= 4 is 27.7 Å². The fourth-order valence-corrected chi connectivity index (χ4v) is 5.19. The minimum Gasteiger partial charge on any atom is -0.352 e. The molecule has 3 rings (SSSR count). The first-order valence-electron chi connectivity index (χ1n) is 12.9. The molecule has 208 valence electrons. The van der Waals surface area contributed by atoms with Crippen molar-refractivity contribution in [3.8, 4) is 0 Å². The quantitative estimate of drug-likeness (QED) is 0.372. The second-order valence-electron chi connectivity index (χ2n) is 10.0. The van der Waals surface area contributed by atoms with Crippen LogP contribution in [0.15, 0.2) is 84.9 Å². The van der Waals surface area contributed by atoms with Crippen LogP contribution in [0.3, 0.4) is 0 Å². The Morgan fingerprint density at radius 3 is 1.92 bits per heavy atom. The molecular weight excluding hydrogens is 512 g/mol. The highest BCUT2D eigenvalue weighted by Crippen LogP contribution is 2.21. The maximum atomic E-state index is 14.1. The summed E-state index contributed by atoms with van der Waals surface area (Å²) in [5.74, 6) is -0.777. The standard InChI is InChI=1S/C30H38N4O4S/c1-23(2)31-30(36)28(20-25-12-8-6-9-13-25)33(21-26-18-16-24(3)17-19-26)29(35)22-34(39(37,38)32(4)5)27-14-10-7-11-15-27/h6-19,23,28H,20-22H2,1-5H3,(H,31,36). The van der Waals surface area contributed by atoms with Crippen LogP contribution in [0.5, 0.6) is 0 Å². The number of aryl methyl sites for hydroxylation is 1. The zero-order valence-electron chi connectivity index (χ0n) is 23.2. The third-order valence-corrected chi connectivity index (χ3v) is 8.06. The van der Waals surface area contributed by atoms with E-state index < -0.39 is 28.7 Å². The average Bonchev–Trinajstić information content (AvgIpc) is 2.90. The van der Waals surface area contributed by atoms with Crippen molar-refractivity contribution < 1.29 is 18.0 Å². The lowest BCUT2D eigenvalue weighted by atomic mass is 10.0. The van der Waals surface area contributed by atoms with Gasteiger partial charge < -0.3 is 10.2 Å². The minimum absolute atomic E-state index is 0.137. The Morgan fingerprint density at radius 2 is 1.38 bits per heavy atom. The van der Waals surface area contributed by atoms with Crippen molar-refractivity contribution in [1.29, 1.82) is 0 Å². The van der Waals surface area contributed by atoms with E-state index >= 15 is 0 Å². The predicted octanol–water partition coefficient (Wildman–Crippen LogP) is 3.77. The van der Waals surface area contributed by atoms with Gasteiger partial charge in [0.2, 0.25) is 11.8 Å². The highest BCUT2D eigenvalue weighted by atomic mass is 32.2. The molecule has 1 atom stereocenters. The van der Waals surface area contributed by atoms with Gasteiger partial charge in [-0.15, -0.1) is 0 Å². The average molecular weight is 551 g/mol. The van der Waals surface area contributed by atoms with Crippen molar-refractivity contribution in [2.75, 3.05) is 24.9 Å². The van der Waals surface area contributed by atoms with Crippen LogP contribution in [-0.4, -0.2) is 62.2 Å². The molecule has 0 aliphatic rings. The Hall–Kier alpha value is -3.69. The number of carbonyl (C=O) groups is 2. The molecule has 0 fully saturated rings. The first-order chi connectivity index (χ1) is 18.5. The third kappa shape index (κ3) is 8.15. The highest BCUT2D eigenvalue weighted by Gasteiger charge is 2.34. The number of anilines is 1. The molecule has 0 saturated heterocycles. The lowest BCUT2D eigenvalue weighted by molar-refractivity contribution is -0.140. The second-order valence-corrected chi connectivity index (χ2v) is 12.1. The number of benzene rings is 3. The van der Waals surface area contributed by atoms with Crippen molar-refractivity contribution in [2.24, 2.45) is 0 Å². The first kappa shape index (κ1) is 29.9. The Balaban J connectivity index is 2.07. The molecule has 1 unspecified atom stereocenters. The summed E-state index contributed by atoms with van der Waals surface area (Å²) in [4.78, 5) is 29.2. The summed E-state index contributed by atoms with van der Waals surface area (Å²) in [5.41, 5.74) is 3.17. The number of carbonyl (C=O) groups excluding carboxylic acids is 2. The Labute approximate surface area is 232 Å². The van der Waals surface area contributed by atoms with Gasteiger partial charge in [-0.25, -0.2) is 4.31 Å². The van der Waals surface area contributed by atoms with Crippen molar-refractivity contribution in [1.82, 2.24) is 14.5 Å². The van der Waals surface area contributed by atoms with Crippen LogP contribution >= 0.6 is 0 Å². The number of amides is 2. The normalized spacial score (nSPS) is 12.3. The number of hydrogen-bond acceptors (Lipinski definition) is 4. The van der Waals surface area contributed by atoms with E-state index in [0.29, 0.717) is 5.69 Å². The zero-order chi connectivity index (χ0) is 28.6. The molecule has 0 aliphatic carbocycles. The van der Waals surface area contributed by atoms with Crippen molar-refractivity contribution in [3.63, 3.8) is 0 Å². The van der Waals surface area contributed by atoms with E-state index in [1.54, 1.807) is 30.3 Å². The molecule has 0 saturated carbocycles. The van der Waals surface area contributed by atoms with E-state index in [1.165, 1.54) is 19.0 Å². The molecule has 0 aromatic heterocycles. The Kier molecular flexibility index (Phi) is 10.3. The van der Waals surface area contributed by atoms with Crippen LogP contribution in [0.25, 0.3) is 0 Å². The Morgan fingerprint density at radius 1 is 0.821 bits per heavy atom. The molecule has 1 N–H and O–H groups in total. The lowest BCUT2D eigenvalue weighted by Crippen LogP contribution is -2.55. The van der Waals surface area contributed by atoms with Gasteiger partial charge in [-0.2, -0.15) is 12.7 Å². The van der Waals surface area contributed by atoms with Gasteiger partial charge in [0.15, 0.2) is 0 Å². The van der Waals surface area contributed by atoms with Crippen LogP contribution in [0.4, 0.5) is 5.69 Å². The smallest absolute Gasteiger partial charge is 0.304 e. The molecule has 0 bridgehead atoms. The molecule has 0 aliphatic heterocycles. The van der Waals surface area contributed by atoms with Gasteiger partial charge in [0.05, 0.1) is 5.69 Å². The van der Waals surface area contributed by atoms with Crippen LogP contribution in [0.1, 0.15) is 30.5 Å². The topological polar surface area (TPSA) is 90.0 Å². The molecule has 2 amide bonds. The van der Waals surface area contributed by atoms with Crippen LogP contribution in [-0.2, 0) is 32.8 Å². The van der Waals surface area contributed by atoms with Crippen LogP contribution in [0.2, 0.25) is 0 Å². The van der Waals surface area contributed by atoms with Gasteiger partial charge in [-0.05, 0) is 44.0 Å². The van der Waals surface area contributed by atoms with Gasteiger partial charge >= 0.3 is 10.2 Å². The van der Waals surface area contributed by atoms with Crippen LogP contribution < -0.4 is 9.62 Å². The van der Waals surface area contributed by atoms with Gasteiger partial charge in [0, 0.05) is 33.1 Å². The fourth-order valence-electron chi connectivity index (χ4n) is 4.14. The SMILES string of the molecule is Cc1ccc(CN(C(=O)CN(c2ccccc2)S(=O)(=O)N(C)C)C(Cc2ccccc2)C(=O)NC(C)C)cc1. The van der Waals surface area contributed by atoms with Crippen molar-refractivity contribution in [2.45, 2.75) is 45.8 Å². The summed E-state index contributed by atoms with van der Waals surface area (Å²) < 4.78 is 28.8. The zero-order valence-corrected chi connectivity index (χ0v) is 24.1. The van der Waals surface area contributed by atoms with E-state index in [9.17, 15) is 18.0 Å². The molecule has 0 radical (unpaired) electrons. The number of nitrogens with one attached hydrogen (secondary N) is 1. The maximum Gasteiger partial charge on any atom is 0.304 e. The largest absolute Gasteiger partial charge is 0.352 e. The van der Waals surface area contributed by atoms with Crippen LogP contribution in [0, 0.1) is 6.92 Å². The van der Waals surface area contributed by atoms with E-state index in [4.69, 9.17) is 0 Å². The predicted molar refractivity (Wildman–Crippen MR) is 155 cm³/mol. The monoisotopic (exact) mass is 550 g/mol. The summed E-state index contributed by atoms with van der Waals surface area (Å²) >= 11 is 0. The highest BCUT2D eigenvalue weighted by molar-refractivity contribution is 7.90. The van der Waals surface area contributed by atoms with Gasteiger partial charge in [0.25, 0.3) is 0 Å². The summed E-state index contributed by atoms with van der Waals surface area (Å²) in [6, 6.07) is 24.7. The number of nitrogens with zero attached hydrogens (tertiary/aromatic N) is 3. The summed E-state index contributed by atoms with van der Waals surface area (Å²) in [7, 11) is -1.15. The fraction of sp³-hybridized carbons (Fsp3) is 0.333. The number of rotatable bonds is 12. The van der Waals surface area contributed by atoms with E-state index in [1.807, 2.05) is 75.4 Å². The van der Waals surface area contributed by atoms with Gasteiger partial charge in [0.1, 0.15) is 12.6 Å².